The van der Waals surface area contributed by atoms with E-state index in [1.807, 2.05) is 0 Å². The number of nitro benzene ring substituents is 1. The van der Waals surface area contributed by atoms with Gasteiger partial charge in [0.1, 0.15) is 5.69 Å². The zero-order chi connectivity index (χ0) is 20.2. The maximum atomic E-state index is 12.8. The summed E-state index contributed by atoms with van der Waals surface area (Å²) in [6, 6.07) is 3.67. The molecule has 1 aromatic carbocycles. The number of hydrogen-bond acceptors (Lipinski definition) is 6. The first-order valence-corrected chi connectivity index (χ1v) is 10.4. The predicted octanol–water partition coefficient (Wildman–Crippen LogP) is 1.95. The summed E-state index contributed by atoms with van der Waals surface area (Å²) in [6.07, 6.45) is 1.54. The first kappa shape index (κ1) is 21.1. The number of piperidine rings is 1. The van der Waals surface area contributed by atoms with Crippen LogP contribution in [0.15, 0.2) is 23.1 Å². The molecule has 1 heterocycles. The average Bonchev–Trinajstić information content (AvgIpc) is 2.59. The van der Waals surface area contributed by atoms with Crippen LogP contribution in [0.4, 0.5) is 11.4 Å². The van der Waals surface area contributed by atoms with Gasteiger partial charge in [-0.3, -0.25) is 14.9 Å². The van der Waals surface area contributed by atoms with Gasteiger partial charge in [0.15, 0.2) is 0 Å². The molecule has 27 heavy (non-hydrogen) atoms. The lowest BCUT2D eigenvalue weighted by atomic mass is 10.0. The number of anilines is 1. The van der Waals surface area contributed by atoms with E-state index in [0.717, 1.165) is 18.9 Å². The number of benzene rings is 1. The summed E-state index contributed by atoms with van der Waals surface area (Å²) in [6.45, 7) is 6.36. The van der Waals surface area contributed by atoms with E-state index in [9.17, 15) is 23.3 Å². The highest BCUT2D eigenvalue weighted by atomic mass is 32.2. The maximum Gasteiger partial charge on any atom is 0.293 e. The van der Waals surface area contributed by atoms with Crippen LogP contribution in [0.1, 0.15) is 33.6 Å². The number of carbonyl (C=O) groups excluding carboxylic acids is 1. The van der Waals surface area contributed by atoms with Gasteiger partial charge in [0.05, 0.1) is 16.4 Å². The molecule has 1 fully saturated rings. The minimum atomic E-state index is -3.78. The summed E-state index contributed by atoms with van der Waals surface area (Å²) in [5, 5.41) is 16.8. The number of amides is 1. The van der Waals surface area contributed by atoms with Crippen molar-refractivity contribution >= 4 is 27.3 Å². The van der Waals surface area contributed by atoms with E-state index < -0.39 is 14.9 Å². The zero-order valence-corrected chi connectivity index (χ0v) is 16.6. The Bertz CT molecular complexity index is 802. The molecular weight excluding hydrogens is 372 g/mol. The van der Waals surface area contributed by atoms with Crippen LogP contribution in [0.25, 0.3) is 0 Å². The molecule has 0 aromatic heterocycles. The fourth-order valence-electron chi connectivity index (χ4n) is 2.90. The second-order valence-corrected chi connectivity index (χ2v) is 9.04. The summed E-state index contributed by atoms with van der Waals surface area (Å²) in [5.74, 6) is 0.160. The van der Waals surface area contributed by atoms with Crippen molar-refractivity contribution in [2.45, 2.75) is 44.6 Å². The van der Waals surface area contributed by atoms with Crippen molar-refractivity contribution in [1.29, 1.82) is 0 Å². The lowest BCUT2D eigenvalue weighted by molar-refractivity contribution is -0.384. The number of nitro groups is 1. The van der Waals surface area contributed by atoms with Gasteiger partial charge in [-0.05, 0) is 44.7 Å². The Morgan fingerprint density at radius 2 is 1.96 bits per heavy atom. The summed E-state index contributed by atoms with van der Waals surface area (Å²) in [7, 11) is -3.78. The van der Waals surface area contributed by atoms with Crippen LogP contribution in [0.2, 0.25) is 0 Å². The van der Waals surface area contributed by atoms with Gasteiger partial charge in [-0.2, -0.15) is 4.31 Å². The van der Waals surface area contributed by atoms with Gasteiger partial charge in [0.25, 0.3) is 5.69 Å². The highest BCUT2D eigenvalue weighted by Gasteiger charge is 2.30. The molecule has 1 saturated heterocycles. The molecule has 1 aliphatic rings. The van der Waals surface area contributed by atoms with Crippen LogP contribution in [0.3, 0.4) is 0 Å². The molecular formula is C17H26N4O5S. The standard InChI is InChI=1S/C17H26N4O5S/c1-12(2)19-17(22)11-18-15-5-4-14(10-16(15)21(23)24)27(25,26)20-8-6-13(3)7-9-20/h4-5,10,12-13,18H,6-9,11H2,1-3H3,(H,19,22). The summed E-state index contributed by atoms with van der Waals surface area (Å²) in [5.41, 5.74) is -0.274. The van der Waals surface area contributed by atoms with E-state index in [2.05, 4.69) is 17.6 Å². The van der Waals surface area contributed by atoms with Crippen LogP contribution < -0.4 is 10.6 Å². The van der Waals surface area contributed by atoms with E-state index in [0.29, 0.717) is 19.0 Å². The zero-order valence-electron chi connectivity index (χ0n) is 15.8. The highest BCUT2D eigenvalue weighted by molar-refractivity contribution is 7.89. The van der Waals surface area contributed by atoms with Gasteiger partial charge >= 0.3 is 0 Å². The molecule has 0 radical (unpaired) electrons. The number of sulfonamides is 1. The van der Waals surface area contributed by atoms with Crippen molar-refractivity contribution in [3.63, 3.8) is 0 Å². The predicted molar refractivity (Wildman–Crippen MR) is 102 cm³/mol. The second kappa shape index (κ2) is 8.66. The molecule has 1 aromatic rings. The SMILES string of the molecule is CC1CCN(S(=O)(=O)c2ccc(NCC(=O)NC(C)C)c([N+](=O)[O-])c2)CC1. The first-order valence-electron chi connectivity index (χ1n) is 8.93. The van der Waals surface area contributed by atoms with Gasteiger partial charge in [0, 0.05) is 25.2 Å². The van der Waals surface area contributed by atoms with Crippen LogP contribution >= 0.6 is 0 Å². The van der Waals surface area contributed by atoms with Crippen molar-refractivity contribution in [2.75, 3.05) is 25.0 Å². The first-order chi connectivity index (χ1) is 12.6. The number of nitrogens with zero attached hydrogens (tertiary/aromatic N) is 2. The van der Waals surface area contributed by atoms with Crippen molar-refractivity contribution < 1.29 is 18.1 Å². The molecule has 2 N–H and O–H groups in total. The molecule has 0 saturated carbocycles. The number of rotatable bonds is 7. The molecule has 1 aliphatic heterocycles. The smallest absolute Gasteiger partial charge is 0.293 e. The summed E-state index contributed by atoms with van der Waals surface area (Å²) in [4.78, 5) is 22.4. The molecule has 0 spiro atoms. The molecule has 10 heteroatoms. The van der Waals surface area contributed by atoms with Gasteiger partial charge in [0.2, 0.25) is 15.9 Å². The van der Waals surface area contributed by atoms with Crippen molar-refractivity contribution in [1.82, 2.24) is 9.62 Å². The third kappa shape index (κ3) is 5.39. The van der Waals surface area contributed by atoms with E-state index in [1.54, 1.807) is 13.8 Å². The summed E-state index contributed by atoms with van der Waals surface area (Å²) < 4.78 is 26.9. The quantitative estimate of drug-likeness (QED) is 0.535. The van der Waals surface area contributed by atoms with E-state index in [-0.39, 0.29) is 34.8 Å². The highest BCUT2D eigenvalue weighted by Crippen LogP contribution is 2.30. The lowest BCUT2D eigenvalue weighted by Gasteiger charge is -2.29. The van der Waals surface area contributed by atoms with Gasteiger partial charge < -0.3 is 10.6 Å². The third-order valence-electron chi connectivity index (χ3n) is 4.44. The largest absolute Gasteiger partial charge is 0.371 e. The van der Waals surface area contributed by atoms with E-state index >= 15 is 0 Å². The molecule has 1 amide bonds. The Kier molecular flexibility index (Phi) is 6.77. The van der Waals surface area contributed by atoms with Crippen molar-refractivity contribution in [3.8, 4) is 0 Å². The minimum absolute atomic E-state index is 0.0472. The Hall–Kier alpha value is -2.20. The average molecular weight is 398 g/mol. The lowest BCUT2D eigenvalue weighted by Crippen LogP contribution is -2.37. The number of carbonyl (C=O) groups is 1. The fraction of sp³-hybridized carbons (Fsp3) is 0.588. The normalized spacial score (nSPS) is 16.3. The number of nitrogens with one attached hydrogen (secondary N) is 2. The van der Waals surface area contributed by atoms with Crippen LogP contribution in [-0.2, 0) is 14.8 Å². The van der Waals surface area contributed by atoms with Gasteiger partial charge in [-0.15, -0.1) is 0 Å². The Balaban J connectivity index is 2.21. The Morgan fingerprint density at radius 1 is 1.33 bits per heavy atom. The molecule has 2 rings (SSSR count). The van der Waals surface area contributed by atoms with Crippen LogP contribution in [0, 0.1) is 16.0 Å². The van der Waals surface area contributed by atoms with Crippen molar-refractivity contribution in [3.05, 3.63) is 28.3 Å². The Labute approximate surface area is 159 Å². The van der Waals surface area contributed by atoms with Gasteiger partial charge in [-0.1, -0.05) is 6.92 Å². The minimum Gasteiger partial charge on any atom is -0.371 e. The van der Waals surface area contributed by atoms with E-state index in [1.165, 1.54) is 16.4 Å². The third-order valence-corrected chi connectivity index (χ3v) is 6.33. The fourth-order valence-corrected chi connectivity index (χ4v) is 4.39. The monoisotopic (exact) mass is 398 g/mol. The topological polar surface area (TPSA) is 122 Å². The molecule has 0 bridgehead atoms. The molecule has 0 unspecified atom stereocenters. The maximum absolute atomic E-state index is 12.8. The molecule has 150 valence electrons. The Morgan fingerprint density at radius 3 is 2.52 bits per heavy atom. The van der Waals surface area contributed by atoms with Crippen LogP contribution in [-0.4, -0.2) is 49.2 Å². The second-order valence-electron chi connectivity index (χ2n) is 7.10. The van der Waals surface area contributed by atoms with Crippen LogP contribution in [0.5, 0.6) is 0 Å². The van der Waals surface area contributed by atoms with Crippen molar-refractivity contribution in [2.24, 2.45) is 5.92 Å². The van der Waals surface area contributed by atoms with E-state index in [4.69, 9.17) is 0 Å². The van der Waals surface area contributed by atoms with Gasteiger partial charge in [-0.25, -0.2) is 8.42 Å². The summed E-state index contributed by atoms with van der Waals surface area (Å²) >= 11 is 0. The molecule has 9 nitrogen and oxygen atoms in total. The molecule has 0 aliphatic carbocycles. The molecule has 0 atom stereocenters. The number of hydrogen-bond donors (Lipinski definition) is 2.